The molecule has 1 aliphatic heterocycles. The highest BCUT2D eigenvalue weighted by atomic mass is 16.5. The topological polar surface area (TPSA) is 61.9 Å². The summed E-state index contributed by atoms with van der Waals surface area (Å²) in [6.07, 6.45) is 0. The molecule has 6 heteroatoms. The van der Waals surface area contributed by atoms with Gasteiger partial charge < -0.3 is 19.9 Å². The van der Waals surface area contributed by atoms with Crippen LogP contribution in [-0.4, -0.2) is 73.6 Å². The van der Waals surface area contributed by atoms with Crippen LogP contribution in [0.15, 0.2) is 0 Å². The fraction of sp³-hybridized carbons (Fsp3) is 0.846. The molecular formula is C13H25N3O3. The van der Waals surface area contributed by atoms with E-state index in [0.29, 0.717) is 19.8 Å². The molecule has 0 spiro atoms. The van der Waals surface area contributed by atoms with Crippen molar-refractivity contribution in [2.75, 3.05) is 40.4 Å². The molecule has 110 valence electrons. The monoisotopic (exact) mass is 271 g/mol. The minimum Gasteiger partial charge on any atom is -0.378 e. The fourth-order valence-corrected chi connectivity index (χ4v) is 1.95. The Hall–Kier alpha value is -1.14. The van der Waals surface area contributed by atoms with E-state index in [1.807, 2.05) is 19.0 Å². The van der Waals surface area contributed by atoms with Gasteiger partial charge in [-0.1, -0.05) is 0 Å². The first-order valence-corrected chi connectivity index (χ1v) is 6.61. The van der Waals surface area contributed by atoms with Crippen LogP contribution >= 0.6 is 0 Å². The van der Waals surface area contributed by atoms with Crippen molar-refractivity contribution in [2.24, 2.45) is 0 Å². The van der Waals surface area contributed by atoms with Crippen LogP contribution in [0.4, 0.5) is 0 Å². The molecule has 0 radical (unpaired) electrons. The third-order valence-electron chi connectivity index (χ3n) is 3.24. The molecule has 1 N–H and O–H groups in total. The smallest absolute Gasteiger partial charge is 0.248 e. The summed E-state index contributed by atoms with van der Waals surface area (Å²) in [7, 11) is 3.96. The van der Waals surface area contributed by atoms with Gasteiger partial charge in [0.25, 0.3) is 0 Å². The molecule has 0 bridgehead atoms. The molecule has 0 aromatic rings. The van der Waals surface area contributed by atoms with E-state index in [9.17, 15) is 9.59 Å². The Bertz CT molecular complexity index is 342. The van der Waals surface area contributed by atoms with Crippen LogP contribution in [0, 0.1) is 0 Å². The van der Waals surface area contributed by atoms with Crippen LogP contribution in [0.3, 0.4) is 0 Å². The van der Waals surface area contributed by atoms with Gasteiger partial charge in [0.05, 0.1) is 13.2 Å². The molecule has 0 aromatic carbocycles. The lowest BCUT2D eigenvalue weighted by Crippen LogP contribution is -2.67. The zero-order valence-electron chi connectivity index (χ0n) is 12.5. The number of rotatable bonds is 6. The van der Waals surface area contributed by atoms with Crippen molar-refractivity contribution in [2.45, 2.75) is 32.4 Å². The molecule has 1 unspecified atom stereocenters. The maximum atomic E-state index is 12.2. The number of hydrogen-bond donors (Lipinski definition) is 1. The first kappa shape index (κ1) is 15.9. The van der Waals surface area contributed by atoms with E-state index in [1.54, 1.807) is 25.7 Å². The van der Waals surface area contributed by atoms with E-state index in [1.165, 1.54) is 0 Å². The Morgan fingerprint density at radius 3 is 2.53 bits per heavy atom. The molecule has 0 saturated carbocycles. The summed E-state index contributed by atoms with van der Waals surface area (Å²) in [5.41, 5.74) is -0.826. The van der Waals surface area contributed by atoms with Gasteiger partial charge in [0, 0.05) is 13.1 Å². The summed E-state index contributed by atoms with van der Waals surface area (Å²) < 4.78 is 5.48. The highest BCUT2D eigenvalue weighted by molar-refractivity contribution is 5.99. The average Bonchev–Trinajstić information content (AvgIpc) is 2.29. The van der Waals surface area contributed by atoms with Crippen molar-refractivity contribution in [1.82, 2.24) is 15.1 Å². The Kier molecular flexibility index (Phi) is 5.31. The molecule has 1 fully saturated rings. The van der Waals surface area contributed by atoms with Crippen LogP contribution in [-0.2, 0) is 14.3 Å². The molecule has 1 saturated heterocycles. The third kappa shape index (κ3) is 4.18. The molecule has 1 atom stereocenters. The molecule has 1 heterocycles. The number of piperazine rings is 1. The quantitative estimate of drug-likeness (QED) is 0.673. The molecule has 0 aromatic heterocycles. The van der Waals surface area contributed by atoms with Gasteiger partial charge in [0.15, 0.2) is 0 Å². The fourth-order valence-electron chi connectivity index (χ4n) is 1.95. The lowest BCUT2D eigenvalue weighted by molar-refractivity contribution is -0.153. The third-order valence-corrected chi connectivity index (χ3v) is 3.24. The standard InChI is InChI=1S/C13H25N3O3/c1-10-11(17)14-13(2,3)12(18)16(10)7-9-19-8-6-15(4)5/h10H,6-9H2,1-5H3,(H,14,17). The van der Waals surface area contributed by atoms with E-state index in [-0.39, 0.29) is 11.8 Å². The molecule has 1 rings (SSSR count). The van der Waals surface area contributed by atoms with E-state index in [4.69, 9.17) is 4.74 Å². The summed E-state index contributed by atoms with van der Waals surface area (Å²) in [4.78, 5) is 27.6. The second-order valence-corrected chi connectivity index (χ2v) is 5.70. The highest BCUT2D eigenvalue weighted by Crippen LogP contribution is 2.17. The average molecular weight is 271 g/mol. The zero-order valence-corrected chi connectivity index (χ0v) is 12.5. The summed E-state index contributed by atoms with van der Waals surface area (Å²) >= 11 is 0. The predicted octanol–water partition coefficient (Wildman–Crippen LogP) is -0.310. The minimum atomic E-state index is -0.826. The van der Waals surface area contributed by atoms with E-state index in [2.05, 4.69) is 5.32 Å². The van der Waals surface area contributed by atoms with Crippen molar-refractivity contribution in [3.63, 3.8) is 0 Å². The van der Waals surface area contributed by atoms with Crippen LogP contribution in [0.2, 0.25) is 0 Å². The second kappa shape index (κ2) is 6.34. The van der Waals surface area contributed by atoms with Gasteiger partial charge in [0.1, 0.15) is 11.6 Å². The SMILES string of the molecule is CC1C(=O)NC(C)(C)C(=O)N1CCOCCN(C)C. The normalized spacial score (nSPS) is 22.8. The van der Waals surface area contributed by atoms with Crippen molar-refractivity contribution in [3.8, 4) is 0 Å². The van der Waals surface area contributed by atoms with Gasteiger partial charge in [-0.2, -0.15) is 0 Å². The number of carbonyl (C=O) groups is 2. The molecular weight excluding hydrogens is 246 g/mol. The number of nitrogens with one attached hydrogen (secondary N) is 1. The van der Waals surface area contributed by atoms with Crippen molar-refractivity contribution in [3.05, 3.63) is 0 Å². The van der Waals surface area contributed by atoms with E-state index >= 15 is 0 Å². The number of carbonyl (C=O) groups excluding carboxylic acids is 2. The number of hydrogen-bond acceptors (Lipinski definition) is 4. The van der Waals surface area contributed by atoms with Crippen molar-refractivity contribution in [1.29, 1.82) is 0 Å². The van der Waals surface area contributed by atoms with Crippen LogP contribution in [0.25, 0.3) is 0 Å². The Morgan fingerprint density at radius 1 is 1.32 bits per heavy atom. The molecule has 0 aliphatic carbocycles. The maximum Gasteiger partial charge on any atom is 0.248 e. The zero-order chi connectivity index (χ0) is 14.6. The summed E-state index contributed by atoms with van der Waals surface area (Å²) in [5.74, 6) is -0.172. The highest BCUT2D eigenvalue weighted by Gasteiger charge is 2.42. The predicted molar refractivity (Wildman–Crippen MR) is 72.8 cm³/mol. The number of ether oxygens (including phenoxy) is 1. The van der Waals surface area contributed by atoms with Crippen LogP contribution < -0.4 is 5.32 Å². The van der Waals surface area contributed by atoms with Gasteiger partial charge in [-0.3, -0.25) is 9.59 Å². The van der Waals surface area contributed by atoms with Gasteiger partial charge >= 0.3 is 0 Å². The van der Waals surface area contributed by atoms with Gasteiger partial charge in [-0.05, 0) is 34.9 Å². The van der Waals surface area contributed by atoms with E-state index in [0.717, 1.165) is 6.54 Å². The minimum absolute atomic E-state index is 0.0594. The summed E-state index contributed by atoms with van der Waals surface area (Å²) in [5, 5.41) is 2.72. The Balaban J connectivity index is 2.46. The number of nitrogens with zero attached hydrogens (tertiary/aromatic N) is 2. The first-order valence-electron chi connectivity index (χ1n) is 6.61. The van der Waals surface area contributed by atoms with Crippen LogP contribution in [0.1, 0.15) is 20.8 Å². The molecule has 2 amide bonds. The van der Waals surface area contributed by atoms with Gasteiger partial charge in [-0.15, -0.1) is 0 Å². The Morgan fingerprint density at radius 2 is 1.95 bits per heavy atom. The van der Waals surface area contributed by atoms with Gasteiger partial charge in [-0.25, -0.2) is 0 Å². The summed E-state index contributed by atoms with van der Waals surface area (Å²) in [6, 6.07) is -0.432. The van der Waals surface area contributed by atoms with E-state index < -0.39 is 11.6 Å². The molecule has 1 aliphatic rings. The maximum absolute atomic E-state index is 12.2. The second-order valence-electron chi connectivity index (χ2n) is 5.70. The largest absolute Gasteiger partial charge is 0.378 e. The van der Waals surface area contributed by atoms with Gasteiger partial charge in [0.2, 0.25) is 11.8 Å². The summed E-state index contributed by atoms with van der Waals surface area (Å²) in [6.45, 7) is 7.55. The number of amides is 2. The first-order chi connectivity index (χ1) is 8.75. The molecule has 6 nitrogen and oxygen atoms in total. The Labute approximate surface area is 115 Å². The lowest BCUT2D eigenvalue weighted by Gasteiger charge is -2.41. The van der Waals surface area contributed by atoms with Crippen molar-refractivity contribution >= 4 is 11.8 Å². The lowest BCUT2D eigenvalue weighted by atomic mass is 9.97. The number of likely N-dealkylation sites (N-methyl/N-ethyl adjacent to an activating group) is 1. The van der Waals surface area contributed by atoms with Crippen LogP contribution in [0.5, 0.6) is 0 Å². The van der Waals surface area contributed by atoms with Crippen molar-refractivity contribution < 1.29 is 14.3 Å². The molecule has 19 heavy (non-hydrogen) atoms.